The molecule has 0 saturated heterocycles. The van der Waals surface area contributed by atoms with Gasteiger partial charge in [0.1, 0.15) is 12.4 Å². The van der Waals surface area contributed by atoms with Crippen molar-refractivity contribution >= 4 is 11.5 Å². The maximum atomic E-state index is 10.6. The van der Waals surface area contributed by atoms with Crippen LogP contribution in [0.1, 0.15) is 12.8 Å². The summed E-state index contributed by atoms with van der Waals surface area (Å²) in [5.41, 5.74) is 5.38. The fourth-order valence-corrected chi connectivity index (χ4v) is 1.68. The van der Waals surface area contributed by atoms with Crippen LogP contribution >= 0.6 is 0 Å². The van der Waals surface area contributed by atoms with Crippen LogP contribution in [0, 0.1) is 10.1 Å². The Balaban J connectivity index is 1.89. The third-order valence-corrected chi connectivity index (χ3v) is 2.88. The molecule has 1 aromatic heterocycles. The molecule has 98 valence electrons. The summed E-state index contributed by atoms with van der Waals surface area (Å²) in [6, 6.07) is 3.16. The molecule has 1 aromatic rings. The quantitative estimate of drug-likeness (QED) is 0.600. The highest BCUT2D eigenvalue weighted by atomic mass is 16.6. The maximum absolute atomic E-state index is 10.6. The van der Waals surface area contributed by atoms with Crippen molar-refractivity contribution in [3.8, 4) is 5.88 Å². The molecule has 0 aliphatic heterocycles. The second-order valence-electron chi connectivity index (χ2n) is 4.41. The summed E-state index contributed by atoms with van der Waals surface area (Å²) in [6.07, 6.45) is 2.47. The Morgan fingerprint density at radius 1 is 1.61 bits per heavy atom. The Morgan fingerprint density at radius 2 is 2.33 bits per heavy atom. The van der Waals surface area contributed by atoms with Gasteiger partial charge < -0.3 is 15.4 Å². The van der Waals surface area contributed by atoms with Crippen molar-refractivity contribution in [3.05, 3.63) is 22.2 Å². The van der Waals surface area contributed by atoms with Crippen LogP contribution in [0.3, 0.4) is 0 Å². The minimum Gasteiger partial charge on any atom is -0.476 e. The van der Waals surface area contributed by atoms with Crippen LogP contribution in [0.15, 0.2) is 12.1 Å². The second-order valence-corrected chi connectivity index (χ2v) is 4.41. The lowest BCUT2D eigenvalue weighted by atomic mass is 10.4. The molecule has 0 unspecified atom stereocenters. The standard InChI is InChI=1S/C11H16N4O3/c1-14(8-2-3-8)4-5-18-11-7-9(15(16)17)6-10(12)13-11/h6-8H,2-5H2,1H3,(H2,12,13). The molecule has 1 aliphatic carbocycles. The van der Waals surface area contributed by atoms with Crippen LogP contribution in [0.25, 0.3) is 0 Å². The number of ether oxygens (including phenoxy) is 1. The molecule has 1 saturated carbocycles. The molecule has 1 heterocycles. The molecule has 0 atom stereocenters. The Labute approximate surface area is 105 Å². The fraction of sp³-hybridized carbons (Fsp3) is 0.545. The van der Waals surface area contributed by atoms with Crippen LogP contribution in [0.5, 0.6) is 5.88 Å². The lowest BCUT2D eigenvalue weighted by Crippen LogP contribution is -2.26. The molecule has 1 fully saturated rings. The van der Waals surface area contributed by atoms with Gasteiger partial charge in [0.05, 0.1) is 17.1 Å². The molecule has 0 amide bonds. The Bertz CT molecular complexity index is 448. The predicted molar refractivity (Wildman–Crippen MR) is 66.5 cm³/mol. The topological polar surface area (TPSA) is 94.5 Å². The zero-order valence-electron chi connectivity index (χ0n) is 10.2. The number of nitrogens with two attached hydrogens (primary N) is 1. The Hall–Kier alpha value is -1.89. The zero-order valence-corrected chi connectivity index (χ0v) is 10.2. The van der Waals surface area contributed by atoms with E-state index < -0.39 is 4.92 Å². The van der Waals surface area contributed by atoms with Gasteiger partial charge in [0, 0.05) is 12.6 Å². The summed E-state index contributed by atoms with van der Waals surface area (Å²) in [7, 11) is 2.04. The number of nitrogen functional groups attached to an aromatic ring is 1. The van der Waals surface area contributed by atoms with E-state index in [0.717, 1.165) is 6.54 Å². The van der Waals surface area contributed by atoms with E-state index >= 15 is 0 Å². The average molecular weight is 252 g/mol. The van der Waals surface area contributed by atoms with E-state index in [4.69, 9.17) is 10.5 Å². The van der Waals surface area contributed by atoms with E-state index in [9.17, 15) is 10.1 Å². The SMILES string of the molecule is CN(CCOc1cc([N+](=O)[O-])cc(N)n1)C1CC1. The van der Waals surface area contributed by atoms with Crippen molar-refractivity contribution in [1.29, 1.82) is 0 Å². The summed E-state index contributed by atoms with van der Waals surface area (Å²) >= 11 is 0. The normalized spacial score (nSPS) is 14.8. The van der Waals surface area contributed by atoms with Gasteiger partial charge in [0.25, 0.3) is 5.69 Å². The first kappa shape index (κ1) is 12.6. The number of nitro groups is 1. The van der Waals surface area contributed by atoms with Crippen molar-refractivity contribution < 1.29 is 9.66 Å². The highest BCUT2D eigenvalue weighted by molar-refractivity contribution is 5.45. The zero-order chi connectivity index (χ0) is 13.1. The van der Waals surface area contributed by atoms with Gasteiger partial charge in [-0.2, -0.15) is 4.98 Å². The molecule has 0 aromatic carbocycles. The molecule has 7 nitrogen and oxygen atoms in total. The minimum atomic E-state index is -0.513. The van der Waals surface area contributed by atoms with Crippen LogP contribution in [-0.4, -0.2) is 41.0 Å². The van der Waals surface area contributed by atoms with Crippen molar-refractivity contribution in [2.75, 3.05) is 25.9 Å². The third kappa shape index (κ3) is 3.30. The van der Waals surface area contributed by atoms with Crippen LogP contribution in [0.4, 0.5) is 11.5 Å². The summed E-state index contributed by atoms with van der Waals surface area (Å²) in [6.45, 7) is 1.22. The summed E-state index contributed by atoms with van der Waals surface area (Å²) < 4.78 is 5.39. The monoisotopic (exact) mass is 252 g/mol. The lowest BCUT2D eigenvalue weighted by Gasteiger charge is -2.15. The van der Waals surface area contributed by atoms with Crippen LogP contribution in [-0.2, 0) is 0 Å². The van der Waals surface area contributed by atoms with Gasteiger partial charge in [-0.15, -0.1) is 0 Å². The van der Waals surface area contributed by atoms with Gasteiger partial charge in [-0.25, -0.2) is 0 Å². The molecule has 0 spiro atoms. The van der Waals surface area contributed by atoms with E-state index in [0.29, 0.717) is 12.6 Å². The third-order valence-electron chi connectivity index (χ3n) is 2.88. The van der Waals surface area contributed by atoms with Crippen LogP contribution in [0.2, 0.25) is 0 Å². The van der Waals surface area contributed by atoms with Crippen molar-refractivity contribution in [1.82, 2.24) is 9.88 Å². The molecule has 18 heavy (non-hydrogen) atoms. The van der Waals surface area contributed by atoms with Gasteiger partial charge in [-0.1, -0.05) is 0 Å². The molecule has 2 rings (SSSR count). The average Bonchev–Trinajstić information content (AvgIpc) is 3.11. The Morgan fingerprint density at radius 3 is 2.94 bits per heavy atom. The van der Waals surface area contributed by atoms with Gasteiger partial charge >= 0.3 is 0 Å². The van der Waals surface area contributed by atoms with Gasteiger partial charge in [-0.3, -0.25) is 10.1 Å². The molecule has 2 N–H and O–H groups in total. The first-order valence-corrected chi connectivity index (χ1v) is 5.81. The molecule has 0 bridgehead atoms. The number of pyridine rings is 1. The largest absolute Gasteiger partial charge is 0.476 e. The summed E-state index contributed by atoms with van der Waals surface area (Å²) in [4.78, 5) is 16.2. The lowest BCUT2D eigenvalue weighted by molar-refractivity contribution is -0.384. The van der Waals surface area contributed by atoms with Gasteiger partial charge in [-0.05, 0) is 19.9 Å². The number of hydrogen-bond donors (Lipinski definition) is 1. The molecular weight excluding hydrogens is 236 g/mol. The predicted octanol–water partition coefficient (Wildman–Crippen LogP) is 1.04. The molecule has 7 heteroatoms. The molecular formula is C11H16N4O3. The number of likely N-dealkylation sites (N-methyl/N-ethyl adjacent to an activating group) is 1. The fourth-order valence-electron chi connectivity index (χ4n) is 1.68. The summed E-state index contributed by atoms with van der Waals surface area (Å²) in [5, 5.41) is 10.6. The second kappa shape index (κ2) is 5.18. The number of hydrogen-bond acceptors (Lipinski definition) is 6. The highest BCUT2D eigenvalue weighted by Crippen LogP contribution is 2.25. The van der Waals surface area contributed by atoms with Gasteiger partial charge in [0.2, 0.25) is 5.88 Å². The molecule has 0 radical (unpaired) electrons. The van der Waals surface area contributed by atoms with E-state index in [-0.39, 0.29) is 17.4 Å². The maximum Gasteiger partial charge on any atom is 0.278 e. The minimum absolute atomic E-state index is 0.0924. The van der Waals surface area contributed by atoms with E-state index in [1.807, 2.05) is 7.05 Å². The van der Waals surface area contributed by atoms with Crippen LogP contribution < -0.4 is 10.5 Å². The van der Waals surface area contributed by atoms with E-state index in [1.54, 1.807) is 0 Å². The van der Waals surface area contributed by atoms with Crippen molar-refractivity contribution in [2.24, 2.45) is 0 Å². The first-order chi connectivity index (χ1) is 8.56. The first-order valence-electron chi connectivity index (χ1n) is 5.81. The van der Waals surface area contributed by atoms with E-state index in [1.165, 1.54) is 25.0 Å². The number of anilines is 1. The summed E-state index contributed by atoms with van der Waals surface area (Å²) in [5.74, 6) is 0.292. The number of nitrogens with zero attached hydrogens (tertiary/aromatic N) is 3. The van der Waals surface area contributed by atoms with Crippen molar-refractivity contribution in [2.45, 2.75) is 18.9 Å². The molecule has 1 aliphatic rings. The van der Waals surface area contributed by atoms with Crippen molar-refractivity contribution in [3.63, 3.8) is 0 Å². The van der Waals surface area contributed by atoms with Gasteiger partial charge in [0.15, 0.2) is 0 Å². The smallest absolute Gasteiger partial charge is 0.278 e. The Kier molecular flexibility index (Phi) is 3.61. The highest BCUT2D eigenvalue weighted by Gasteiger charge is 2.25. The number of rotatable bonds is 6. The number of aromatic nitrogens is 1. The van der Waals surface area contributed by atoms with E-state index in [2.05, 4.69) is 9.88 Å².